The topological polar surface area (TPSA) is 95.3 Å². The molecule has 0 atom stereocenters. The van der Waals surface area contributed by atoms with Gasteiger partial charge in [-0.25, -0.2) is 18.6 Å². The first kappa shape index (κ1) is 23.0. The predicted molar refractivity (Wildman–Crippen MR) is 118 cm³/mol. The molecule has 11 heteroatoms. The first-order valence-electron chi connectivity index (χ1n) is 10.7. The van der Waals surface area contributed by atoms with Crippen LogP contribution in [-0.2, 0) is 32.4 Å². The second kappa shape index (κ2) is 9.78. The standard InChI is InChI=1S/C22H22ClF2N5O3/c1-2-3-9-29-20-14(11-17(23)26-20)21(31)30(22(29)32)10-5-8-19-27-18(28-33-19)12-13-15(24)6-4-7-16(13)25/h4,6-7H,2-3,5,8-12H2,1H3. The molecule has 0 spiro atoms. The van der Waals surface area contributed by atoms with Crippen LogP contribution in [0.3, 0.4) is 0 Å². The van der Waals surface area contributed by atoms with E-state index in [1.54, 1.807) is 0 Å². The van der Waals surface area contributed by atoms with Gasteiger partial charge in [0.25, 0.3) is 5.56 Å². The number of aromatic nitrogens is 4. The Morgan fingerprint density at radius 3 is 2.58 bits per heavy atom. The monoisotopic (exact) mass is 477 g/mol. The van der Waals surface area contributed by atoms with E-state index in [-0.39, 0.29) is 41.8 Å². The van der Waals surface area contributed by atoms with Crippen molar-refractivity contribution in [1.29, 1.82) is 0 Å². The fourth-order valence-electron chi connectivity index (χ4n) is 3.75. The quantitative estimate of drug-likeness (QED) is 0.470. The smallest absolute Gasteiger partial charge is 0.332 e. The molecule has 0 fully saturated rings. The molecule has 0 bridgehead atoms. The Labute approximate surface area is 192 Å². The van der Waals surface area contributed by atoms with Crippen LogP contribution in [0.4, 0.5) is 14.6 Å². The van der Waals surface area contributed by atoms with E-state index in [0.29, 0.717) is 30.8 Å². The van der Waals surface area contributed by atoms with Gasteiger partial charge in [-0.2, -0.15) is 4.98 Å². The Kier molecular flexibility index (Phi) is 6.83. The van der Waals surface area contributed by atoms with E-state index in [1.807, 2.05) is 6.92 Å². The molecule has 1 aromatic carbocycles. The number of hydrogen-bond donors (Lipinski definition) is 0. The second-order valence-electron chi connectivity index (χ2n) is 7.80. The summed E-state index contributed by atoms with van der Waals surface area (Å²) in [6.45, 7) is 2.61. The molecule has 0 aliphatic carbocycles. The molecule has 0 radical (unpaired) electrons. The van der Waals surface area contributed by atoms with Crippen molar-refractivity contribution in [2.24, 2.45) is 4.99 Å². The molecule has 0 unspecified atom stereocenters. The molecular formula is C22H22ClF2N5O3. The van der Waals surface area contributed by atoms with Crippen LogP contribution in [0.15, 0.2) is 37.3 Å². The molecule has 3 aromatic rings. The number of halogens is 3. The molecule has 174 valence electrons. The van der Waals surface area contributed by atoms with Crippen LogP contribution < -0.4 is 11.2 Å². The van der Waals surface area contributed by atoms with Gasteiger partial charge in [-0.15, -0.1) is 0 Å². The van der Waals surface area contributed by atoms with Crippen molar-refractivity contribution in [3.8, 4) is 0 Å². The van der Waals surface area contributed by atoms with Gasteiger partial charge in [-0.3, -0.25) is 13.9 Å². The Hall–Kier alpha value is -3.14. The van der Waals surface area contributed by atoms with Gasteiger partial charge in [-0.05, 0) is 25.0 Å². The molecule has 2 aromatic heterocycles. The molecule has 1 aliphatic rings. The lowest BCUT2D eigenvalue weighted by molar-refractivity contribution is 0.366. The van der Waals surface area contributed by atoms with E-state index in [0.717, 1.165) is 12.8 Å². The maximum Gasteiger partial charge on any atom is 0.332 e. The minimum Gasteiger partial charge on any atom is -0.339 e. The Morgan fingerprint density at radius 1 is 1.12 bits per heavy atom. The minimum atomic E-state index is -0.680. The van der Waals surface area contributed by atoms with Gasteiger partial charge >= 0.3 is 5.69 Å². The van der Waals surface area contributed by atoms with Gasteiger partial charge in [-0.1, -0.05) is 36.2 Å². The largest absolute Gasteiger partial charge is 0.339 e. The van der Waals surface area contributed by atoms with Gasteiger partial charge in [0.15, 0.2) is 5.82 Å². The van der Waals surface area contributed by atoms with Gasteiger partial charge in [0.05, 0.1) is 5.56 Å². The molecule has 0 N–H and O–H groups in total. The fraction of sp³-hybridized carbons (Fsp3) is 0.409. The zero-order valence-electron chi connectivity index (χ0n) is 18.0. The van der Waals surface area contributed by atoms with Crippen molar-refractivity contribution in [1.82, 2.24) is 19.3 Å². The van der Waals surface area contributed by atoms with Crippen molar-refractivity contribution in [3.63, 3.8) is 0 Å². The fourth-order valence-corrected chi connectivity index (χ4v) is 3.97. The van der Waals surface area contributed by atoms with Crippen molar-refractivity contribution in [2.45, 2.75) is 58.5 Å². The third-order valence-electron chi connectivity index (χ3n) is 5.45. The highest BCUT2D eigenvalue weighted by Crippen LogP contribution is 2.24. The zero-order valence-corrected chi connectivity index (χ0v) is 18.7. The van der Waals surface area contributed by atoms with Gasteiger partial charge < -0.3 is 4.52 Å². The van der Waals surface area contributed by atoms with E-state index >= 15 is 0 Å². The predicted octanol–water partition coefficient (Wildman–Crippen LogP) is 3.52. The van der Waals surface area contributed by atoms with Gasteiger partial charge in [0, 0.05) is 37.9 Å². The van der Waals surface area contributed by atoms with Crippen LogP contribution in [0, 0.1) is 11.6 Å². The van der Waals surface area contributed by atoms with Crippen molar-refractivity contribution in [2.75, 3.05) is 0 Å². The maximum absolute atomic E-state index is 13.8. The summed E-state index contributed by atoms with van der Waals surface area (Å²) < 4.78 is 35.5. The molecule has 0 amide bonds. The number of fused-ring (bicyclic) bond motifs is 1. The number of aliphatic imine (C=N–C) groups is 1. The van der Waals surface area contributed by atoms with E-state index in [9.17, 15) is 18.4 Å². The summed E-state index contributed by atoms with van der Waals surface area (Å²) in [5.41, 5.74) is -0.544. The van der Waals surface area contributed by atoms with Crippen LogP contribution in [0.1, 0.15) is 49.0 Å². The SMILES string of the molecule is CCCCn1c2c(c(=O)n(CCCc3nc(Cc4c(F)cccc4F)no3)c1=O)CC(Cl)=N2. The molecule has 8 nitrogen and oxygen atoms in total. The molecule has 3 heterocycles. The van der Waals surface area contributed by atoms with Crippen molar-refractivity contribution in [3.05, 3.63) is 73.5 Å². The van der Waals surface area contributed by atoms with Crippen LogP contribution >= 0.6 is 11.6 Å². The molecular weight excluding hydrogens is 456 g/mol. The van der Waals surface area contributed by atoms with Gasteiger partial charge in [0.2, 0.25) is 5.89 Å². The van der Waals surface area contributed by atoms with Gasteiger partial charge in [0.1, 0.15) is 22.6 Å². The van der Waals surface area contributed by atoms with Crippen molar-refractivity contribution < 1.29 is 13.3 Å². The molecule has 0 saturated heterocycles. The van der Waals surface area contributed by atoms with Crippen LogP contribution in [0.25, 0.3) is 0 Å². The number of unbranched alkanes of at least 4 members (excludes halogenated alkanes) is 1. The van der Waals surface area contributed by atoms with Crippen LogP contribution in [-0.4, -0.2) is 24.4 Å². The normalized spacial score (nSPS) is 12.8. The maximum atomic E-state index is 13.8. The van der Waals surface area contributed by atoms with Crippen LogP contribution in [0.5, 0.6) is 0 Å². The van der Waals surface area contributed by atoms with E-state index in [4.69, 9.17) is 16.1 Å². The number of hydrogen-bond acceptors (Lipinski definition) is 6. The Morgan fingerprint density at radius 2 is 1.85 bits per heavy atom. The third kappa shape index (κ3) is 4.80. The zero-order chi connectivity index (χ0) is 23.5. The summed E-state index contributed by atoms with van der Waals surface area (Å²) in [7, 11) is 0. The third-order valence-corrected chi connectivity index (χ3v) is 5.67. The summed E-state index contributed by atoms with van der Waals surface area (Å²) in [4.78, 5) is 34.2. The average molecular weight is 478 g/mol. The second-order valence-corrected chi connectivity index (χ2v) is 8.23. The summed E-state index contributed by atoms with van der Waals surface area (Å²) in [6, 6.07) is 3.62. The number of benzene rings is 1. The highest BCUT2D eigenvalue weighted by atomic mass is 35.5. The summed E-state index contributed by atoms with van der Waals surface area (Å²) in [5, 5.41) is 4.06. The summed E-state index contributed by atoms with van der Waals surface area (Å²) in [5.74, 6) is -0.603. The summed E-state index contributed by atoms with van der Waals surface area (Å²) >= 11 is 6.04. The highest BCUT2D eigenvalue weighted by molar-refractivity contribution is 6.66. The van der Waals surface area contributed by atoms with Crippen LogP contribution in [0.2, 0.25) is 0 Å². The lowest BCUT2D eigenvalue weighted by atomic mass is 10.1. The lowest BCUT2D eigenvalue weighted by Gasteiger charge is -2.13. The number of aryl methyl sites for hydroxylation is 1. The molecule has 1 aliphatic heterocycles. The molecule has 33 heavy (non-hydrogen) atoms. The van der Waals surface area contributed by atoms with E-state index < -0.39 is 22.9 Å². The molecule has 0 saturated carbocycles. The van der Waals surface area contributed by atoms with E-state index in [1.165, 1.54) is 27.3 Å². The highest BCUT2D eigenvalue weighted by Gasteiger charge is 2.24. The lowest BCUT2D eigenvalue weighted by Crippen LogP contribution is -2.41. The molecule has 4 rings (SSSR count). The minimum absolute atomic E-state index is 0.136. The first-order valence-corrected chi connectivity index (χ1v) is 11.1. The summed E-state index contributed by atoms with van der Waals surface area (Å²) in [6.07, 6.45) is 2.39. The Balaban J connectivity index is 1.47. The number of rotatable bonds is 9. The van der Waals surface area contributed by atoms with Crippen molar-refractivity contribution >= 4 is 22.6 Å². The Bertz CT molecular complexity index is 1310. The number of nitrogens with zero attached hydrogens (tertiary/aromatic N) is 5. The first-order chi connectivity index (χ1) is 15.9. The average Bonchev–Trinajstić information content (AvgIpc) is 3.39. The van der Waals surface area contributed by atoms with E-state index in [2.05, 4.69) is 15.1 Å².